The van der Waals surface area contributed by atoms with Crippen molar-refractivity contribution in [3.05, 3.63) is 40.6 Å². The zero-order chi connectivity index (χ0) is 20.7. The number of hydrogen-bond donors (Lipinski definition) is 2. The average Bonchev–Trinajstić information content (AvgIpc) is 3.12. The molecule has 0 aliphatic carbocycles. The lowest BCUT2D eigenvalue weighted by Gasteiger charge is -2.15. The van der Waals surface area contributed by atoms with E-state index in [0.29, 0.717) is 5.69 Å². The number of para-hydroxylation sites is 1. The van der Waals surface area contributed by atoms with Crippen molar-refractivity contribution in [3.8, 4) is 0 Å². The zero-order valence-electron chi connectivity index (χ0n) is 15.1. The molecule has 0 fully saturated rings. The molecule has 2 amide bonds. The summed E-state index contributed by atoms with van der Waals surface area (Å²) in [6.45, 7) is 0. The number of urea groups is 1. The number of esters is 2. The number of nitrogens with one attached hydrogen (secondary N) is 2. The molecule has 1 aromatic heterocycles. The molecule has 0 radical (unpaired) electrons. The van der Waals surface area contributed by atoms with Crippen molar-refractivity contribution in [2.24, 2.45) is 0 Å². The number of nitrogens with zero attached hydrogens (tertiary/aromatic N) is 2. The smallest absolute Gasteiger partial charge is 0.323 e. The highest BCUT2D eigenvalue weighted by molar-refractivity contribution is 6.39. The summed E-state index contributed by atoms with van der Waals surface area (Å²) in [5, 5.41) is 9.79. The third kappa shape index (κ3) is 5.86. The van der Waals surface area contributed by atoms with Gasteiger partial charge >= 0.3 is 18.0 Å². The number of carbonyl (C=O) groups excluding carboxylic acids is 3. The molecule has 9 nitrogen and oxygen atoms in total. The van der Waals surface area contributed by atoms with Gasteiger partial charge in [-0.3, -0.25) is 14.3 Å². The Morgan fingerprint density at radius 1 is 1.07 bits per heavy atom. The van der Waals surface area contributed by atoms with Gasteiger partial charge < -0.3 is 20.1 Å². The number of ether oxygens (including phenoxy) is 2. The first-order valence-electron chi connectivity index (χ1n) is 8.03. The molecule has 2 rings (SSSR count). The van der Waals surface area contributed by atoms with Crippen molar-refractivity contribution in [3.63, 3.8) is 0 Å². The number of carbonyl (C=O) groups is 3. The highest BCUT2D eigenvalue weighted by atomic mass is 35.5. The highest BCUT2D eigenvalue weighted by Crippen LogP contribution is 2.30. The predicted octanol–water partition coefficient (Wildman–Crippen LogP) is 3.50. The molecule has 150 valence electrons. The molecule has 28 heavy (non-hydrogen) atoms. The third-order valence-electron chi connectivity index (χ3n) is 3.69. The Kier molecular flexibility index (Phi) is 7.65. The molecule has 0 saturated carbocycles. The average molecular weight is 429 g/mol. The van der Waals surface area contributed by atoms with Crippen LogP contribution in [-0.4, -0.2) is 42.0 Å². The van der Waals surface area contributed by atoms with Crippen LogP contribution in [-0.2, 0) is 19.1 Å². The monoisotopic (exact) mass is 428 g/mol. The fraction of sp³-hybridized carbons (Fsp3) is 0.294. The number of anilines is 2. The van der Waals surface area contributed by atoms with Crippen molar-refractivity contribution in [1.29, 1.82) is 0 Å². The van der Waals surface area contributed by atoms with Gasteiger partial charge in [-0.25, -0.2) is 4.79 Å². The van der Waals surface area contributed by atoms with Gasteiger partial charge in [0.05, 0.1) is 60.7 Å². The van der Waals surface area contributed by atoms with E-state index in [2.05, 4.69) is 25.2 Å². The molecular weight excluding hydrogens is 411 g/mol. The molecule has 2 aromatic rings. The van der Waals surface area contributed by atoms with E-state index in [1.54, 1.807) is 18.2 Å². The number of methoxy groups -OCH3 is 2. The Morgan fingerprint density at radius 3 is 2.18 bits per heavy atom. The minimum Gasteiger partial charge on any atom is -0.469 e. The highest BCUT2D eigenvalue weighted by Gasteiger charge is 2.22. The Labute approximate surface area is 170 Å². The summed E-state index contributed by atoms with van der Waals surface area (Å²) in [4.78, 5) is 35.4. The lowest BCUT2D eigenvalue weighted by atomic mass is 10.1. The van der Waals surface area contributed by atoms with Gasteiger partial charge in [-0.2, -0.15) is 5.10 Å². The van der Waals surface area contributed by atoms with Gasteiger partial charge in [-0.05, 0) is 12.1 Å². The lowest BCUT2D eigenvalue weighted by molar-refractivity contribution is -0.144. The number of halogens is 2. The largest absolute Gasteiger partial charge is 0.469 e. The van der Waals surface area contributed by atoms with Gasteiger partial charge in [-0.15, -0.1) is 0 Å². The van der Waals surface area contributed by atoms with Crippen molar-refractivity contribution in [1.82, 2.24) is 9.78 Å². The van der Waals surface area contributed by atoms with E-state index < -0.39 is 24.0 Å². The van der Waals surface area contributed by atoms with Gasteiger partial charge in [-0.1, -0.05) is 29.3 Å². The first-order chi connectivity index (χ1) is 13.3. The maximum atomic E-state index is 12.2. The topological polar surface area (TPSA) is 112 Å². The Morgan fingerprint density at radius 2 is 1.64 bits per heavy atom. The summed E-state index contributed by atoms with van der Waals surface area (Å²) in [6.07, 6.45) is 2.67. The summed E-state index contributed by atoms with van der Waals surface area (Å²) in [6, 6.07) is 3.61. The van der Waals surface area contributed by atoms with Crippen LogP contribution < -0.4 is 10.6 Å². The second-order valence-electron chi connectivity index (χ2n) is 5.60. The number of rotatable bonds is 7. The first kappa shape index (κ1) is 21.5. The molecule has 0 bridgehead atoms. The molecule has 0 atom stereocenters. The summed E-state index contributed by atoms with van der Waals surface area (Å²) < 4.78 is 10.7. The second kappa shape index (κ2) is 9.95. The van der Waals surface area contributed by atoms with E-state index in [1.807, 2.05) is 0 Å². The molecular formula is C17H18Cl2N4O5. The van der Waals surface area contributed by atoms with Crippen LogP contribution >= 0.6 is 23.2 Å². The van der Waals surface area contributed by atoms with E-state index >= 15 is 0 Å². The summed E-state index contributed by atoms with van der Waals surface area (Å²) in [5.41, 5.74) is 0.602. The van der Waals surface area contributed by atoms with Gasteiger partial charge in [0.1, 0.15) is 0 Å². The van der Waals surface area contributed by atoms with E-state index in [4.69, 9.17) is 23.2 Å². The molecule has 0 spiro atoms. The maximum Gasteiger partial charge on any atom is 0.323 e. The van der Waals surface area contributed by atoms with Gasteiger partial charge in [0, 0.05) is 6.20 Å². The minimum absolute atomic E-state index is 0.0891. The predicted molar refractivity (Wildman–Crippen MR) is 104 cm³/mol. The molecule has 1 aromatic carbocycles. The normalized spacial score (nSPS) is 10.5. The molecule has 2 N–H and O–H groups in total. The molecule has 0 saturated heterocycles. The van der Waals surface area contributed by atoms with E-state index in [9.17, 15) is 14.4 Å². The Bertz CT molecular complexity index is 833. The van der Waals surface area contributed by atoms with E-state index in [1.165, 1.54) is 31.3 Å². The third-order valence-corrected chi connectivity index (χ3v) is 4.32. The van der Waals surface area contributed by atoms with Crippen molar-refractivity contribution in [2.75, 3.05) is 24.9 Å². The number of amides is 2. The fourth-order valence-electron chi connectivity index (χ4n) is 2.31. The van der Waals surface area contributed by atoms with Crippen molar-refractivity contribution >= 4 is 52.5 Å². The van der Waals surface area contributed by atoms with Crippen LogP contribution in [0, 0.1) is 0 Å². The van der Waals surface area contributed by atoms with Crippen molar-refractivity contribution in [2.45, 2.75) is 18.9 Å². The number of benzene rings is 1. The molecule has 1 heterocycles. The van der Waals surface area contributed by atoms with Crippen LogP contribution in [0.25, 0.3) is 0 Å². The van der Waals surface area contributed by atoms with Crippen LogP contribution in [0.3, 0.4) is 0 Å². The molecule has 0 aliphatic heterocycles. The van der Waals surface area contributed by atoms with Crippen LogP contribution in [0.15, 0.2) is 30.6 Å². The molecule has 0 unspecified atom stereocenters. The molecule has 0 aliphatic rings. The summed E-state index contributed by atoms with van der Waals surface area (Å²) >= 11 is 12.0. The quantitative estimate of drug-likeness (QED) is 0.652. The van der Waals surface area contributed by atoms with Crippen molar-refractivity contribution < 1.29 is 23.9 Å². The number of hydrogen-bond acceptors (Lipinski definition) is 6. The van der Waals surface area contributed by atoms with E-state index in [0.717, 1.165) is 0 Å². The lowest BCUT2D eigenvalue weighted by Crippen LogP contribution is -2.20. The van der Waals surface area contributed by atoms with Crippen LogP contribution in [0.4, 0.5) is 16.2 Å². The zero-order valence-corrected chi connectivity index (χ0v) is 16.6. The minimum atomic E-state index is -0.628. The van der Waals surface area contributed by atoms with Crippen LogP contribution in [0.1, 0.15) is 18.9 Å². The Balaban J connectivity index is 2.09. The van der Waals surface area contributed by atoms with Gasteiger partial charge in [0.25, 0.3) is 0 Å². The summed E-state index contributed by atoms with van der Waals surface area (Å²) in [5.74, 6) is -1.02. The standard InChI is InChI=1S/C17H18Cl2N4O5/c1-27-14(24)6-11(7-15(25)28-2)23-9-10(8-20-23)21-17(26)22-16-12(18)4-3-5-13(16)19/h3-5,8-9,11H,6-7H2,1-2H3,(H2,21,22,26). The number of aromatic nitrogens is 2. The van der Waals surface area contributed by atoms with Gasteiger partial charge in [0.15, 0.2) is 0 Å². The Hall–Kier alpha value is -2.78. The second-order valence-corrected chi connectivity index (χ2v) is 6.41. The molecule has 11 heteroatoms. The van der Waals surface area contributed by atoms with Gasteiger partial charge in [0.2, 0.25) is 0 Å². The summed E-state index contributed by atoms with van der Waals surface area (Å²) in [7, 11) is 2.50. The SMILES string of the molecule is COC(=O)CC(CC(=O)OC)n1cc(NC(=O)Nc2c(Cl)cccc2Cl)cn1. The van der Waals surface area contributed by atoms with E-state index in [-0.39, 0.29) is 28.6 Å². The van der Waals surface area contributed by atoms with Crippen LogP contribution in [0.2, 0.25) is 10.0 Å². The van der Waals surface area contributed by atoms with Crippen LogP contribution in [0.5, 0.6) is 0 Å². The first-order valence-corrected chi connectivity index (χ1v) is 8.79. The fourth-order valence-corrected chi connectivity index (χ4v) is 2.80. The maximum absolute atomic E-state index is 12.2.